The lowest BCUT2D eigenvalue weighted by atomic mass is 10.1. The van der Waals surface area contributed by atoms with E-state index in [0.717, 1.165) is 10.9 Å². The van der Waals surface area contributed by atoms with Crippen LogP contribution in [0.15, 0.2) is 11.1 Å². The van der Waals surface area contributed by atoms with Gasteiger partial charge < -0.3 is 39.8 Å². The van der Waals surface area contributed by atoms with E-state index in [1.807, 2.05) is 13.8 Å². The fourth-order valence-electron chi connectivity index (χ4n) is 3.09. The lowest BCUT2D eigenvalue weighted by Gasteiger charge is -2.23. The smallest absolute Gasteiger partial charge is 0.384 e. The molecule has 0 aromatic carbocycles. The van der Waals surface area contributed by atoms with Crippen molar-refractivity contribution < 1.29 is 65.8 Å². The van der Waals surface area contributed by atoms with E-state index in [4.69, 9.17) is 19.4 Å². The molecule has 6 atom stereocenters. The van der Waals surface area contributed by atoms with Gasteiger partial charge in [-0.2, -0.15) is 13.6 Å². The van der Waals surface area contributed by atoms with Crippen LogP contribution in [0.2, 0.25) is 0 Å². The first-order valence-electron chi connectivity index (χ1n) is 10.1. The molecule has 0 bridgehead atoms. The van der Waals surface area contributed by atoms with E-state index in [1.54, 1.807) is 0 Å². The number of rotatable bonds is 11. The van der Waals surface area contributed by atoms with Crippen LogP contribution in [0.3, 0.4) is 0 Å². The van der Waals surface area contributed by atoms with Crippen LogP contribution in [0.25, 0.3) is 11.2 Å². The highest BCUT2D eigenvalue weighted by Crippen LogP contribution is 2.66. The summed E-state index contributed by atoms with van der Waals surface area (Å²) in [6.07, 6.45) is -5.62. The van der Waals surface area contributed by atoms with E-state index in [-0.39, 0.29) is 23.0 Å². The SMILES string of the molecule is CC(C)CNc1nc2c(ncn2[C@@H]2O[C@H](COP(=O)(O)OP(=O)(O)OP(=O)(O)O)[C@@H](O)[C@]2(O)F)c(=O)[nH]1. The minimum absolute atomic E-state index is 0.0156. The molecule has 3 heterocycles. The second-order valence-electron chi connectivity index (χ2n) is 8.10. The Morgan fingerprint density at radius 1 is 1.24 bits per heavy atom. The molecule has 19 nitrogen and oxygen atoms in total. The zero-order valence-corrected chi connectivity index (χ0v) is 21.5. The fraction of sp³-hybridized carbons (Fsp3) is 0.643. The molecule has 0 saturated carbocycles. The third-order valence-electron chi connectivity index (χ3n) is 4.60. The van der Waals surface area contributed by atoms with E-state index in [1.165, 1.54) is 0 Å². The molecule has 2 unspecified atom stereocenters. The number of fused-ring (bicyclic) bond motifs is 1. The van der Waals surface area contributed by atoms with Crippen LogP contribution >= 0.6 is 23.5 Å². The second kappa shape index (κ2) is 10.5. The summed E-state index contributed by atoms with van der Waals surface area (Å²) in [7, 11) is -17.1. The van der Waals surface area contributed by atoms with Gasteiger partial charge in [-0.25, -0.2) is 23.1 Å². The quantitative estimate of drug-likeness (QED) is 0.151. The van der Waals surface area contributed by atoms with Crippen LogP contribution in [0, 0.1) is 5.92 Å². The minimum atomic E-state index is -5.83. The summed E-state index contributed by atoms with van der Waals surface area (Å²) in [5.41, 5.74) is -1.27. The van der Waals surface area contributed by atoms with E-state index in [9.17, 15) is 33.6 Å². The first-order chi connectivity index (χ1) is 16.8. The molecule has 23 heteroatoms. The molecule has 37 heavy (non-hydrogen) atoms. The number of phosphoric acid groups is 3. The zero-order valence-electron chi connectivity index (χ0n) is 18.8. The maximum absolute atomic E-state index is 15.1. The number of nitrogens with one attached hydrogen (secondary N) is 2. The number of alkyl halides is 1. The van der Waals surface area contributed by atoms with Crippen LogP contribution in [0.1, 0.15) is 20.1 Å². The van der Waals surface area contributed by atoms with Crippen molar-refractivity contribution in [3.8, 4) is 0 Å². The van der Waals surface area contributed by atoms with Gasteiger partial charge in [0.2, 0.25) is 5.95 Å². The molecule has 0 aliphatic carbocycles. The molecule has 3 rings (SSSR count). The number of anilines is 1. The number of aromatic nitrogens is 4. The normalized spacial score (nSPS) is 27.9. The Kier molecular flexibility index (Phi) is 8.49. The van der Waals surface area contributed by atoms with Crippen LogP contribution in [0.5, 0.6) is 0 Å². The second-order valence-corrected chi connectivity index (χ2v) is 12.5. The lowest BCUT2D eigenvalue weighted by molar-refractivity contribution is -0.195. The molecule has 1 aliphatic heterocycles. The van der Waals surface area contributed by atoms with E-state index in [2.05, 4.69) is 33.4 Å². The summed E-state index contributed by atoms with van der Waals surface area (Å²) in [4.78, 5) is 58.4. The van der Waals surface area contributed by atoms with Gasteiger partial charge in [0.05, 0.1) is 12.9 Å². The molecule has 1 saturated heterocycles. The number of aliphatic hydroxyl groups is 2. The molecule has 1 aliphatic rings. The first-order valence-corrected chi connectivity index (χ1v) is 14.6. The van der Waals surface area contributed by atoms with Crippen LogP contribution in [-0.2, 0) is 31.6 Å². The lowest BCUT2D eigenvalue weighted by Crippen LogP contribution is -2.43. The van der Waals surface area contributed by atoms with Gasteiger partial charge in [0.15, 0.2) is 17.4 Å². The van der Waals surface area contributed by atoms with Crippen molar-refractivity contribution in [1.29, 1.82) is 0 Å². The summed E-state index contributed by atoms with van der Waals surface area (Å²) in [6, 6.07) is 0. The van der Waals surface area contributed by atoms with Crippen molar-refractivity contribution in [3.63, 3.8) is 0 Å². The van der Waals surface area contributed by atoms with E-state index in [0.29, 0.717) is 6.54 Å². The summed E-state index contributed by atoms with van der Waals surface area (Å²) in [5.74, 6) is -3.46. The molecule has 0 amide bonds. The standard InChI is InChI=1S/C14H23FN5O14P3/c1-6(2)3-16-13-18-10-8(11(22)19-13)17-5-20(10)12-14(15,23)9(21)7(32-12)4-31-36(27,28)34-37(29,30)33-35(24,25)26/h5-7,9,12,21,23H,3-4H2,1-2H3,(H,27,28)(H,29,30)(H2,24,25,26)(H2,16,18,19,22)/t7-,9-,12-,14-/m1/s1. The molecule has 2 aromatic heterocycles. The molecular formula is C14H23FN5O14P3. The average Bonchev–Trinajstić information content (AvgIpc) is 3.21. The van der Waals surface area contributed by atoms with Gasteiger partial charge in [0.25, 0.3) is 11.4 Å². The molecular weight excluding hydrogens is 574 g/mol. The summed E-state index contributed by atoms with van der Waals surface area (Å²) in [5, 5.41) is 23.3. The molecule has 8 N–H and O–H groups in total. The highest BCUT2D eigenvalue weighted by molar-refractivity contribution is 7.66. The van der Waals surface area contributed by atoms with Gasteiger partial charge in [-0.3, -0.25) is 18.9 Å². The topological polar surface area (TPSA) is 285 Å². The highest BCUT2D eigenvalue weighted by Gasteiger charge is 2.58. The number of phosphoric ester groups is 1. The number of hydrogen-bond donors (Lipinski definition) is 8. The van der Waals surface area contributed by atoms with Crippen molar-refractivity contribution in [3.05, 3.63) is 16.7 Å². The Hall–Kier alpha value is -1.63. The van der Waals surface area contributed by atoms with Crippen LogP contribution in [-0.4, -0.2) is 80.5 Å². The minimum Gasteiger partial charge on any atom is -0.384 e. The summed E-state index contributed by atoms with van der Waals surface area (Å²) in [6.45, 7) is 2.91. The number of aromatic amines is 1. The van der Waals surface area contributed by atoms with Gasteiger partial charge in [-0.05, 0) is 5.92 Å². The Balaban J connectivity index is 1.80. The largest absolute Gasteiger partial charge is 0.490 e. The maximum Gasteiger partial charge on any atom is 0.490 e. The Labute approximate surface area is 205 Å². The predicted octanol–water partition coefficient (Wildman–Crippen LogP) is -0.553. The monoisotopic (exact) mass is 597 g/mol. The van der Waals surface area contributed by atoms with Crippen LogP contribution < -0.4 is 10.9 Å². The Morgan fingerprint density at radius 2 is 1.89 bits per heavy atom. The molecule has 0 spiro atoms. The summed E-state index contributed by atoms with van der Waals surface area (Å²) >= 11 is 0. The average molecular weight is 597 g/mol. The van der Waals surface area contributed by atoms with Crippen molar-refractivity contribution in [1.82, 2.24) is 19.5 Å². The molecule has 210 valence electrons. The van der Waals surface area contributed by atoms with E-state index >= 15 is 4.39 Å². The Morgan fingerprint density at radius 3 is 2.49 bits per heavy atom. The zero-order chi connectivity index (χ0) is 28.0. The number of H-pyrrole nitrogens is 1. The number of ether oxygens (including phenoxy) is 1. The fourth-order valence-corrected chi connectivity index (χ4v) is 6.12. The number of imidazole rings is 1. The predicted molar refractivity (Wildman–Crippen MR) is 117 cm³/mol. The van der Waals surface area contributed by atoms with Gasteiger partial charge in [-0.15, -0.1) is 0 Å². The van der Waals surface area contributed by atoms with Crippen molar-refractivity contribution in [2.75, 3.05) is 18.5 Å². The van der Waals surface area contributed by atoms with Gasteiger partial charge >= 0.3 is 23.5 Å². The molecule has 1 fully saturated rings. The van der Waals surface area contributed by atoms with E-state index < -0.39 is 59.9 Å². The number of hydrogen-bond acceptors (Lipinski definition) is 13. The van der Waals surface area contributed by atoms with Crippen molar-refractivity contribution >= 4 is 40.6 Å². The third-order valence-corrected chi connectivity index (χ3v) is 8.40. The number of halogens is 1. The maximum atomic E-state index is 15.1. The highest BCUT2D eigenvalue weighted by atomic mass is 31.3. The number of nitrogens with zero attached hydrogens (tertiary/aromatic N) is 3. The first kappa shape index (κ1) is 29.9. The summed E-state index contributed by atoms with van der Waals surface area (Å²) < 4.78 is 66.5. The third kappa shape index (κ3) is 7.27. The van der Waals surface area contributed by atoms with Crippen molar-refractivity contribution in [2.45, 2.75) is 38.1 Å². The molecule has 0 radical (unpaired) electrons. The Bertz CT molecular complexity index is 1340. The van der Waals surface area contributed by atoms with Crippen molar-refractivity contribution in [2.24, 2.45) is 5.92 Å². The van der Waals surface area contributed by atoms with Gasteiger partial charge in [0.1, 0.15) is 12.2 Å². The number of aliphatic hydroxyl groups excluding tert-OH is 1. The van der Waals surface area contributed by atoms with Gasteiger partial charge in [0, 0.05) is 6.54 Å². The van der Waals surface area contributed by atoms with Gasteiger partial charge in [-0.1, -0.05) is 13.8 Å². The van der Waals surface area contributed by atoms with Crippen LogP contribution in [0.4, 0.5) is 10.3 Å². The molecule has 2 aromatic rings.